The molecule has 1 aromatic rings. The van der Waals surface area contributed by atoms with Crippen molar-refractivity contribution >= 4 is 18.3 Å². The van der Waals surface area contributed by atoms with Crippen molar-refractivity contribution in [1.29, 1.82) is 0 Å². The monoisotopic (exact) mass is 286 g/mol. The van der Waals surface area contributed by atoms with Crippen LogP contribution in [0.2, 0.25) is 0 Å². The first-order chi connectivity index (χ1) is 8.81. The van der Waals surface area contributed by atoms with Gasteiger partial charge in [0.2, 0.25) is 6.10 Å². The van der Waals surface area contributed by atoms with Crippen molar-refractivity contribution in [2.45, 2.75) is 12.5 Å². The molecule has 0 saturated heterocycles. The molecule has 1 aliphatic heterocycles. The molecule has 1 aromatic carbocycles. The fourth-order valence-corrected chi connectivity index (χ4v) is 1.74. The van der Waals surface area contributed by atoms with Gasteiger partial charge in [0.05, 0.1) is 0 Å². The molecule has 1 amide bonds. The van der Waals surface area contributed by atoms with Crippen molar-refractivity contribution in [1.82, 2.24) is 10.6 Å². The third-order valence-corrected chi connectivity index (χ3v) is 2.70. The number of rotatable bonds is 5. The van der Waals surface area contributed by atoms with E-state index in [0.29, 0.717) is 18.0 Å². The van der Waals surface area contributed by atoms with E-state index >= 15 is 0 Å². The van der Waals surface area contributed by atoms with Gasteiger partial charge in [0.15, 0.2) is 11.5 Å². The molecule has 1 atom stereocenters. The molecule has 0 radical (unpaired) electrons. The van der Waals surface area contributed by atoms with Crippen molar-refractivity contribution in [3.8, 4) is 11.5 Å². The number of fused-ring (bicyclic) bond motifs is 1. The molecule has 5 nitrogen and oxygen atoms in total. The minimum absolute atomic E-state index is 0. The third-order valence-electron chi connectivity index (χ3n) is 2.70. The fourth-order valence-electron chi connectivity index (χ4n) is 1.74. The van der Waals surface area contributed by atoms with E-state index in [1.165, 1.54) is 0 Å². The number of hydrogen-bond acceptors (Lipinski definition) is 4. The lowest BCUT2D eigenvalue weighted by molar-refractivity contribution is -0.130. The Morgan fingerprint density at radius 1 is 1.32 bits per heavy atom. The number of hydrogen-bond donors (Lipinski definition) is 2. The molecule has 1 unspecified atom stereocenters. The number of para-hydroxylation sites is 2. The first kappa shape index (κ1) is 15.6. The van der Waals surface area contributed by atoms with E-state index in [4.69, 9.17) is 9.47 Å². The standard InChI is InChI=1S/C13H18N2O3.ClH/c1-14-7-4-8-15-13(16)12-9-17-10-5-2-3-6-11(10)18-12;/h2-3,5-6,12,14H,4,7-9H2,1H3,(H,15,16);1H. The van der Waals surface area contributed by atoms with Crippen LogP contribution in [0.3, 0.4) is 0 Å². The predicted molar refractivity (Wildman–Crippen MR) is 75.2 cm³/mol. The maximum absolute atomic E-state index is 11.8. The summed E-state index contributed by atoms with van der Waals surface area (Å²) in [4.78, 5) is 11.8. The van der Waals surface area contributed by atoms with Crippen LogP contribution in [0.1, 0.15) is 6.42 Å². The molecule has 0 aliphatic carbocycles. The highest BCUT2D eigenvalue weighted by Crippen LogP contribution is 2.30. The van der Waals surface area contributed by atoms with Gasteiger partial charge in [-0.3, -0.25) is 4.79 Å². The molecular weight excluding hydrogens is 268 g/mol. The number of ether oxygens (including phenoxy) is 2. The van der Waals surface area contributed by atoms with Gasteiger partial charge in [-0.15, -0.1) is 12.4 Å². The lowest BCUT2D eigenvalue weighted by Crippen LogP contribution is -2.44. The molecule has 1 aliphatic rings. The van der Waals surface area contributed by atoms with Crippen LogP contribution in [0.4, 0.5) is 0 Å². The fraction of sp³-hybridized carbons (Fsp3) is 0.462. The van der Waals surface area contributed by atoms with Gasteiger partial charge in [0, 0.05) is 6.54 Å². The average Bonchev–Trinajstić information content (AvgIpc) is 2.43. The maximum Gasteiger partial charge on any atom is 0.264 e. The van der Waals surface area contributed by atoms with E-state index in [1.54, 1.807) is 6.07 Å². The summed E-state index contributed by atoms with van der Waals surface area (Å²) in [6.07, 6.45) is 0.335. The van der Waals surface area contributed by atoms with Gasteiger partial charge in [0.25, 0.3) is 5.91 Å². The summed E-state index contributed by atoms with van der Waals surface area (Å²) in [5.41, 5.74) is 0. The average molecular weight is 287 g/mol. The molecule has 1 heterocycles. The van der Waals surface area contributed by atoms with Gasteiger partial charge in [-0.1, -0.05) is 12.1 Å². The highest BCUT2D eigenvalue weighted by molar-refractivity contribution is 5.85. The molecule has 0 spiro atoms. The summed E-state index contributed by atoms with van der Waals surface area (Å²) in [5.74, 6) is 1.19. The van der Waals surface area contributed by atoms with Crippen LogP contribution in [-0.2, 0) is 4.79 Å². The highest BCUT2D eigenvalue weighted by atomic mass is 35.5. The Hall–Kier alpha value is -1.46. The van der Waals surface area contributed by atoms with Gasteiger partial charge in [-0.25, -0.2) is 0 Å². The zero-order valence-electron chi connectivity index (χ0n) is 10.8. The molecule has 0 saturated carbocycles. The second-order valence-corrected chi connectivity index (χ2v) is 4.11. The Morgan fingerprint density at radius 3 is 2.79 bits per heavy atom. The number of amides is 1. The predicted octanol–water partition coefficient (Wildman–Crippen LogP) is 0.974. The maximum atomic E-state index is 11.8. The summed E-state index contributed by atoms with van der Waals surface area (Å²) in [6.45, 7) is 1.78. The summed E-state index contributed by atoms with van der Waals surface area (Å²) in [7, 11) is 1.89. The molecule has 106 valence electrons. The van der Waals surface area contributed by atoms with Gasteiger partial charge in [-0.2, -0.15) is 0 Å². The normalized spacial score (nSPS) is 16.4. The number of nitrogens with one attached hydrogen (secondary N) is 2. The summed E-state index contributed by atoms with van der Waals surface area (Å²) < 4.78 is 11.1. The number of carbonyl (C=O) groups excluding carboxylic acids is 1. The van der Waals surface area contributed by atoms with Crippen LogP contribution >= 0.6 is 12.4 Å². The minimum Gasteiger partial charge on any atom is -0.485 e. The van der Waals surface area contributed by atoms with Crippen molar-refractivity contribution in [2.75, 3.05) is 26.7 Å². The van der Waals surface area contributed by atoms with Crippen LogP contribution in [-0.4, -0.2) is 38.8 Å². The van der Waals surface area contributed by atoms with Gasteiger partial charge >= 0.3 is 0 Å². The molecule has 0 bridgehead atoms. The van der Waals surface area contributed by atoms with Crippen LogP contribution in [0.5, 0.6) is 11.5 Å². The Morgan fingerprint density at radius 2 is 2.05 bits per heavy atom. The number of halogens is 1. The van der Waals surface area contributed by atoms with Crippen molar-refractivity contribution in [3.63, 3.8) is 0 Å². The summed E-state index contributed by atoms with van der Waals surface area (Å²) in [5, 5.41) is 5.86. The van der Waals surface area contributed by atoms with E-state index in [9.17, 15) is 4.79 Å². The van der Waals surface area contributed by atoms with E-state index in [2.05, 4.69) is 10.6 Å². The van der Waals surface area contributed by atoms with Crippen molar-refractivity contribution < 1.29 is 14.3 Å². The lowest BCUT2D eigenvalue weighted by atomic mass is 10.2. The van der Waals surface area contributed by atoms with Crippen LogP contribution in [0.15, 0.2) is 24.3 Å². The van der Waals surface area contributed by atoms with E-state index < -0.39 is 6.10 Å². The van der Waals surface area contributed by atoms with E-state index in [-0.39, 0.29) is 24.9 Å². The summed E-state index contributed by atoms with van der Waals surface area (Å²) >= 11 is 0. The molecule has 19 heavy (non-hydrogen) atoms. The quantitative estimate of drug-likeness (QED) is 0.792. The topological polar surface area (TPSA) is 59.6 Å². The minimum atomic E-state index is -0.561. The zero-order valence-corrected chi connectivity index (χ0v) is 11.7. The smallest absolute Gasteiger partial charge is 0.264 e. The Bertz CT molecular complexity index is 415. The highest BCUT2D eigenvalue weighted by Gasteiger charge is 2.26. The van der Waals surface area contributed by atoms with E-state index in [1.807, 2.05) is 25.2 Å². The van der Waals surface area contributed by atoms with Crippen LogP contribution < -0.4 is 20.1 Å². The Kier molecular flexibility index (Phi) is 6.45. The molecule has 6 heteroatoms. The largest absolute Gasteiger partial charge is 0.485 e. The van der Waals surface area contributed by atoms with Crippen molar-refractivity contribution in [2.24, 2.45) is 0 Å². The van der Waals surface area contributed by atoms with Crippen LogP contribution in [0.25, 0.3) is 0 Å². The molecule has 2 rings (SSSR count). The Balaban J connectivity index is 0.00000180. The molecular formula is C13H19ClN2O3. The van der Waals surface area contributed by atoms with E-state index in [0.717, 1.165) is 13.0 Å². The van der Waals surface area contributed by atoms with Gasteiger partial charge in [0.1, 0.15) is 6.61 Å². The zero-order chi connectivity index (χ0) is 12.8. The van der Waals surface area contributed by atoms with Gasteiger partial charge < -0.3 is 20.1 Å². The second kappa shape index (κ2) is 7.86. The first-order valence-corrected chi connectivity index (χ1v) is 6.12. The number of benzene rings is 1. The number of carbonyl (C=O) groups is 1. The third kappa shape index (κ3) is 4.29. The van der Waals surface area contributed by atoms with Gasteiger partial charge in [-0.05, 0) is 32.1 Å². The molecule has 2 N–H and O–H groups in total. The second-order valence-electron chi connectivity index (χ2n) is 4.11. The lowest BCUT2D eigenvalue weighted by Gasteiger charge is -2.25. The first-order valence-electron chi connectivity index (χ1n) is 6.12. The molecule has 0 fully saturated rings. The van der Waals surface area contributed by atoms with Crippen molar-refractivity contribution in [3.05, 3.63) is 24.3 Å². The SMILES string of the molecule is CNCCCNC(=O)C1COc2ccccc2O1.Cl. The summed E-state index contributed by atoms with van der Waals surface area (Å²) in [6, 6.07) is 7.36. The van der Waals surface area contributed by atoms with Crippen LogP contribution in [0, 0.1) is 0 Å². The Labute approximate surface area is 119 Å². The molecule has 0 aromatic heterocycles.